The Kier molecular flexibility index (Phi) is 4.33. The summed E-state index contributed by atoms with van der Waals surface area (Å²) in [6, 6.07) is 7.92. The van der Waals surface area contributed by atoms with Crippen LogP contribution in [0.5, 0.6) is 0 Å². The molecule has 1 aliphatic heterocycles. The first kappa shape index (κ1) is 13.1. The molecule has 0 aromatic heterocycles. The van der Waals surface area contributed by atoms with Gasteiger partial charge in [0.2, 0.25) is 0 Å². The van der Waals surface area contributed by atoms with Crippen LogP contribution in [0.15, 0.2) is 24.3 Å². The maximum atomic E-state index is 12.3. The molecule has 1 saturated heterocycles. The smallest absolute Gasteiger partial charge is 0.256 e. The largest absolute Gasteiger partial charge is 0.396 e. The highest BCUT2D eigenvalue weighted by Gasteiger charge is 2.29. The van der Waals surface area contributed by atoms with Crippen LogP contribution in [0.3, 0.4) is 0 Å². The SMILES string of the molecule is Cc1cccc(N2CCOC(CCCO)C2=O)c1. The number of aliphatic hydroxyl groups is 1. The summed E-state index contributed by atoms with van der Waals surface area (Å²) in [4.78, 5) is 14.0. The number of ether oxygens (including phenoxy) is 1. The van der Waals surface area contributed by atoms with E-state index in [0.29, 0.717) is 26.0 Å². The van der Waals surface area contributed by atoms with Gasteiger partial charge in [0.05, 0.1) is 6.61 Å². The molecule has 1 N–H and O–H groups in total. The van der Waals surface area contributed by atoms with Gasteiger partial charge in [-0.1, -0.05) is 12.1 Å². The first-order valence-electron chi connectivity index (χ1n) is 6.33. The molecule has 1 amide bonds. The minimum atomic E-state index is -0.411. The molecule has 0 saturated carbocycles. The average Bonchev–Trinajstić information content (AvgIpc) is 2.37. The summed E-state index contributed by atoms with van der Waals surface area (Å²) in [7, 11) is 0. The lowest BCUT2D eigenvalue weighted by molar-refractivity contribution is -0.134. The number of carbonyl (C=O) groups is 1. The van der Waals surface area contributed by atoms with Crippen molar-refractivity contribution < 1.29 is 14.6 Å². The molecule has 1 fully saturated rings. The van der Waals surface area contributed by atoms with Gasteiger partial charge in [-0.05, 0) is 37.5 Å². The lowest BCUT2D eigenvalue weighted by Crippen LogP contribution is -2.48. The maximum Gasteiger partial charge on any atom is 0.256 e. The van der Waals surface area contributed by atoms with Crippen LogP contribution in [-0.2, 0) is 9.53 Å². The second-order valence-corrected chi connectivity index (χ2v) is 4.55. The summed E-state index contributed by atoms with van der Waals surface area (Å²) >= 11 is 0. The summed E-state index contributed by atoms with van der Waals surface area (Å²) in [5, 5.41) is 8.82. The van der Waals surface area contributed by atoms with Gasteiger partial charge in [-0.3, -0.25) is 4.79 Å². The van der Waals surface area contributed by atoms with Crippen molar-refractivity contribution in [2.45, 2.75) is 25.9 Å². The third-order valence-electron chi connectivity index (χ3n) is 3.11. The summed E-state index contributed by atoms with van der Waals surface area (Å²) in [6.07, 6.45) is 0.766. The lowest BCUT2D eigenvalue weighted by atomic mass is 10.1. The van der Waals surface area contributed by atoms with Crippen LogP contribution >= 0.6 is 0 Å². The zero-order valence-electron chi connectivity index (χ0n) is 10.6. The van der Waals surface area contributed by atoms with Crippen molar-refractivity contribution in [2.75, 3.05) is 24.7 Å². The molecule has 1 atom stereocenters. The Hall–Kier alpha value is -1.39. The Morgan fingerprint density at radius 1 is 1.50 bits per heavy atom. The number of hydrogen-bond acceptors (Lipinski definition) is 3. The van der Waals surface area contributed by atoms with Crippen LogP contribution in [-0.4, -0.2) is 36.9 Å². The first-order valence-corrected chi connectivity index (χ1v) is 6.33. The van der Waals surface area contributed by atoms with Crippen LogP contribution < -0.4 is 4.90 Å². The van der Waals surface area contributed by atoms with Crippen molar-refractivity contribution in [1.82, 2.24) is 0 Å². The maximum absolute atomic E-state index is 12.3. The van der Waals surface area contributed by atoms with Gasteiger partial charge in [0.15, 0.2) is 0 Å². The fraction of sp³-hybridized carbons (Fsp3) is 0.500. The molecule has 0 radical (unpaired) electrons. The molecule has 2 rings (SSSR count). The molecule has 1 unspecified atom stereocenters. The van der Waals surface area contributed by atoms with Gasteiger partial charge in [-0.2, -0.15) is 0 Å². The van der Waals surface area contributed by atoms with Crippen molar-refractivity contribution in [3.63, 3.8) is 0 Å². The molecule has 1 aromatic rings. The highest BCUT2D eigenvalue weighted by molar-refractivity contribution is 5.97. The molecule has 0 bridgehead atoms. The van der Waals surface area contributed by atoms with Gasteiger partial charge in [0, 0.05) is 18.8 Å². The molecular weight excluding hydrogens is 230 g/mol. The Morgan fingerprint density at radius 2 is 2.33 bits per heavy atom. The van der Waals surface area contributed by atoms with Crippen molar-refractivity contribution >= 4 is 11.6 Å². The number of rotatable bonds is 4. The van der Waals surface area contributed by atoms with Crippen molar-refractivity contribution in [3.05, 3.63) is 29.8 Å². The van der Waals surface area contributed by atoms with Gasteiger partial charge in [-0.25, -0.2) is 0 Å². The fourth-order valence-electron chi connectivity index (χ4n) is 2.18. The van der Waals surface area contributed by atoms with Gasteiger partial charge in [-0.15, -0.1) is 0 Å². The normalized spacial score (nSPS) is 20.2. The molecule has 1 heterocycles. The number of hydrogen-bond donors (Lipinski definition) is 1. The van der Waals surface area contributed by atoms with Crippen molar-refractivity contribution in [2.24, 2.45) is 0 Å². The van der Waals surface area contributed by atoms with E-state index in [2.05, 4.69) is 0 Å². The molecule has 0 spiro atoms. The highest BCUT2D eigenvalue weighted by Crippen LogP contribution is 2.21. The standard InChI is InChI=1S/C14H19NO3/c1-11-4-2-5-12(10-11)15-7-9-18-13(14(15)17)6-3-8-16/h2,4-5,10,13,16H,3,6-9H2,1H3. The van der Waals surface area contributed by atoms with Gasteiger partial charge in [0.1, 0.15) is 6.10 Å². The van der Waals surface area contributed by atoms with E-state index in [0.717, 1.165) is 11.3 Å². The van der Waals surface area contributed by atoms with Crippen LogP contribution in [0.2, 0.25) is 0 Å². The van der Waals surface area contributed by atoms with E-state index in [1.165, 1.54) is 0 Å². The van der Waals surface area contributed by atoms with E-state index in [9.17, 15) is 4.79 Å². The quantitative estimate of drug-likeness (QED) is 0.879. The number of aryl methyl sites for hydroxylation is 1. The Labute approximate surface area is 107 Å². The number of benzene rings is 1. The van der Waals surface area contributed by atoms with E-state index < -0.39 is 6.10 Å². The summed E-state index contributed by atoms with van der Waals surface area (Å²) < 4.78 is 5.47. The summed E-state index contributed by atoms with van der Waals surface area (Å²) in [6.45, 7) is 3.25. The zero-order valence-corrected chi connectivity index (χ0v) is 10.6. The molecular formula is C14H19NO3. The number of anilines is 1. The summed E-state index contributed by atoms with van der Waals surface area (Å²) in [5.41, 5.74) is 2.07. The number of aliphatic hydroxyl groups excluding tert-OH is 1. The van der Waals surface area contributed by atoms with Gasteiger partial charge >= 0.3 is 0 Å². The Balaban J connectivity index is 2.11. The number of carbonyl (C=O) groups excluding carboxylic acids is 1. The van der Waals surface area contributed by atoms with E-state index in [1.54, 1.807) is 4.90 Å². The van der Waals surface area contributed by atoms with Crippen LogP contribution in [0.4, 0.5) is 5.69 Å². The van der Waals surface area contributed by atoms with E-state index in [1.807, 2.05) is 31.2 Å². The van der Waals surface area contributed by atoms with E-state index >= 15 is 0 Å². The predicted molar refractivity (Wildman–Crippen MR) is 69.6 cm³/mol. The first-order chi connectivity index (χ1) is 8.72. The number of amides is 1. The van der Waals surface area contributed by atoms with E-state index in [4.69, 9.17) is 9.84 Å². The third-order valence-corrected chi connectivity index (χ3v) is 3.11. The lowest BCUT2D eigenvalue weighted by Gasteiger charge is -2.32. The van der Waals surface area contributed by atoms with Crippen LogP contribution in [0.25, 0.3) is 0 Å². The molecule has 98 valence electrons. The topological polar surface area (TPSA) is 49.8 Å². The van der Waals surface area contributed by atoms with Crippen molar-refractivity contribution in [1.29, 1.82) is 0 Å². The highest BCUT2D eigenvalue weighted by atomic mass is 16.5. The molecule has 1 aromatic carbocycles. The summed E-state index contributed by atoms with van der Waals surface area (Å²) in [5.74, 6) is 0.000278. The molecule has 0 aliphatic carbocycles. The number of nitrogens with zero attached hydrogens (tertiary/aromatic N) is 1. The Morgan fingerprint density at radius 3 is 3.06 bits per heavy atom. The van der Waals surface area contributed by atoms with Gasteiger partial charge < -0.3 is 14.7 Å². The minimum absolute atomic E-state index is 0.000278. The zero-order chi connectivity index (χ0) is 13.0. The fourth-order valence-corrected chi connectivity index (χ4v) is 2.18. The molecule has 1 aliphatic rings. The third kappa shape index (κ3) is 2.89. The monoisotopic (exact) mass is 249 g/mol. The Bertz CT molecular complexity index is 419. The van der Waals surface area contributed by atoms with Gasteiger partial charge in [0.25, 0.3) is 5.91 Å². The number of morpholine rings is 1. The minimum Gasteiger partial charge on any atom is -0.396 e. The second-order valence-electron chi connectivity index (χ2n) is 4.55. The average molecular weight is 249 g/mol. The molecule has 4 heteroatoms. The van der Waals surface area contributed by atoms with Crippen molar-refractivity contribution in [3.8, 4) is 0 Å². The van der Waals surface area contributed by atoms with Crippen LogP contribution in [0.1, 0.15) is 18.4 Å². The van der Waals surface area contributed by atoms with E-state index in [-0.39, 0.29) is 12.5 Å². The predicted octanol–water partition coefficient (Wildman–Crippen LogP) is 1.50. The second kappa shape index (κ2) is 5.98. The van der Waals surface area contributed by atoms with Crippen LogP contribution in [0, 0.1) is 6.92 Å². The molecule has 18 heavy (non-hydrogen) atoms. The molecule has 4 nitrogen and oxygen atoms in total.